The number of ether oxygens (including phenoxy) is 3. The van der Waals surface area contributed by atoms with E-state index < -0.39 is 6.03 Å². The van der Waals surface area contributed by atoms with Crippen LogP contribution in [0.1, 0.15) is 0 Å². The number of rotatable bonds is 5. The topological polar surface area (TPSA) is 68.8 Å². The fourth-order valence-corrected chi connectivity index (χ4v) is 2.17. The van der Waals surface area contributed by atoms with Crippen LogP contribution in [-0.2, 0) is 0 Å². The van der Waals surface area contributed by atoms with Crippen molar-refractivity contribution in [2.75, 3.05) is 32.0 Å². The molecule has 0 fully saturated rings. The average molecular weight is 337 g/mol. The highest BCUT2D eigenvalue weighted by molar-refractivity contribution is 6.32. The average Bonchev–Trinajstić information content (AvgIpc) is 2.54. The molecule has 0 unspecified atom stereocenters. The molecule has 2 aromatic carbocycles. The van der Waals surface area contributed by atoms with E-state index in [-0.39, 0.29) is 0 Å². The summed E-state index contributed by atoms with van der Waals surface area (Å²) in [5, 5.41) is 5.80. The van der Waals surface area contributed by atoms with Crippen molar-refractivity contribution in [3.05, 3.63) is 41.4 Å². The smallest absolute Gasteiger partial charge is 0.323 e. The van der Waals surface area contributed by atoms with Crippen LogP contribution >= 0.6 is 11.6 Å². The zero-order valence-corrected chi connectivity index (χ0v) is 13.7. The molecule has 0 aliphatic rings. The molecular formula is C16H17ClN2O4. The zero-order chi connectivity index (χ0) is 16.8. The van der Waals surface area contributed by atoms with Crippen LogP contribution in [0.5, 0.6) is 17.2 Å². The monoisotopic (exact) mass is 336 g/mol. The molecule has 0 saturated heterocycles. The lowest BCUT2D eigenvalue weighted by molar-refractivity contribution is 0.262. The summed E-state index contributed by atoms with van der Waals surface area (Å²) in [5.74, 6) is 1.69. The number of hydrogen-bond donors (Lipinski definition) is 2. The van der Waals surface area contributed by atoms with Crippen molar-refractivity contribution in [1.29, 1.82) is 0 Å². The van der Waals surface area contributed by atoms with Crippen molar-refractivity contribution in [3.8, 4) is 17.2 Å². The Labute approximate surface area is 139 Å². The van der Waals surface area contributed by atoms with E-state index >= 15 is 0 Å². The van der Waals surface area contributed by atoms with Gasteiger partial charge in [-0.05, 0) is 18.2 Å². The number of nitrogens with one attached hydrogen (secondary N) is 2. The van der Waals surface area contributed by atoms with E-state index in [9.17, 15) is 4.79 Å². The first kappa shape index (κ1) is 16.8. The van der Waals surface area contributed by atoms with Crippen LogP contribution in [0.3, 0.4) is 0 Å². The minimum atomic E-state index is -0.415. The fourth-order valence-electron chi connectivity index (χ4n) is 1.92. The van der Waals surface area contributed by atoms with E-state index in [0.29, 0.717) is 33.6 Å². The van der Waals surface area contributed by atoms with Crippen molar-refractivity contribution in [2.45, 2.75) is 0 Å². The highest BCUT2D eigenvalue weighted by atomic mass is 35.5. The Bertz CT molecular complexity index is 684. The highest BCUT2D eigenvalue weighted by Crippen LogP contribution is 2.28. The first-order valence-electron chi connectivity index (χ1n) is 6.70. The maximum atomic E-state index is 12.1. The van der Waals surface area contributed by atoms with Crippen molar-refractivity contribution in [3.63, 3.8) is 0 Å². The van der Waals surface area contributed by atoms with E-state index in [1.165, 1.54) is 21.3 Å². The van der Waals surface area contributed by atoms with E-state index in [2.05, 4.69) is 10.6 Å². The molecule has 2 aromatic rings. The molecule has 0 heterocycles. The Balaban J connectivity index is 2.09. The largest absolute Gasteiger partial charge is 0.497 e. The Morgan fingerprint density at radius 3 is 2.00 bits per heavy atom. The van der Waals surface area contributed by atoms with Gasteiger partial charge in [0.2, 0.25) is 0 Å². The standard InChI is InChI=1S/C16H17ClN2O4/c1-21-12-6-11(7-13(9-12)22-2)19-16(20)18-10-4-5-15(23-3)14(17)8-10/h4-9H,1-3H3,(H2,18,19,20). The predicted molar refractivity (Wildman–Crippen MR) is 90.2 cm³/mol. The number of halogens is 1. The third kappa shape index (κ3) is 4.43. The molecule has 0 atom stereocenters. The fraction of sp³-hybridized carbons (Fsp3) is 0.188. The molecule has 0 radical (unpaired) electrons. The number of urea groups is 1. The van der Waals surface area contributed by atoms with Gasteiger partial charge in [0, 0.05) is 29.6 Å². The van der Waals surface area contributed by atoms with Crippen LogP contribution in [0.25, 0.3) is 0 Å². The Kier molecular flexibility index (Phi) is 5.54. The number of carbonyl (C=O) groups is 1. The molecule has 0 bridgehead atoms. The summed E-state index contributed by atoms with van der Waals surface area (Å²) in [6, 6.07) is 9.63. The zero-order valence-electron chi connectivity index (χ0n) is 13.0. The van der Waals surface area contributed by atoms with Crippen LogP contribution in [0.2, 0.25) is 5.02 Å². The third-order valence-corrected chi connectivity index (χ3v) is 3.31. The Hall–Kier alpha value is -2.60. The summed E-state index contributed by atoms with van der Waals surface area (Å²) >= 11 is 6.02. The lowest BCUT2D eigenvalue weighted by Crippen LogP contribution is -2.19. The molecule has 2 rings (SSSR count). The molecule has 0 spiro atoms. The second-order valence-electron chi connectivity index (χ2n) is 4.53. The second kappa shape index (κ2) is 7.60. The van der Waals surface area contributed by atoms with Gasteiger partial charge in [-0.3, -0.25) is 0 Å². The normalized spacial score (nSPS) is 9.91. The third-order valence-electron chi connectivity index (χ3n) is 3.02. The summed E-state index contributed by atoms with van der Waals surface area (Å²) in [5.41, 5.74) is 1.08. The number of amides is 2. The number of methoxy groups -OCH3 is 3. The van der Waals surface area contributed by atoms with Crippen LogP contribution < -0.4 is 24.8 Å². The van der Waals surface area contributed by atoms with Gasteiger partial charge >= 0.3 is 6.03 Å². The summed E-state index contributed by atoms with van der Waals surface area (Å²) in [6.45, 7) is 0. The molecule has 0 aliphatic carbocycles. The van der Waals surface area contributed by atoms with Crippen molar-refractivity contribution >= 4 is 29.0 Å². The van der Waals surface area contributed by atoms with E-state index in [1.54, 1.807) is 36.4 Å². The highest BCUT2D eigenvalue weighted by Gasteiger charge is 2.08. The molecule has 2 amide bonds. The summed E-state index contributed by atoms with van der Waals surface area (Å²) in [4.78, 5) is 12.1. The second-order valence-corrected chi connectivity index (χ2v) is 4.94. The van der Waals surface area contributed by atoms with E-state index in [1.807, 2.05) is 0 Å². The van der Waals surface area contributed by atoms with Gasteiger partial charge in [-0.25, -0.2) is 4.79 Å². The van der Waals surface area contributed by atoms with Crippen molar-refractivity contribution < 1.29 is 19.0 Å². The van der Waals surface area contributed by atoms with Gasteiger partial charge in [-0.15, -0.1) is 0 Å². The molecular weight excluding hydrogens is 320 g/mol. The lowest BCUT2D eigenvalue weighted by atomic mass is 10.2. The van der Waals surface area contributed by atoms with Gasteiger partial charge in [-0.2, -0.15) is 0 Å². The molecule has 23 heavy (non-hydrogen) atoms. The summed E-state index contributed by atoms with van der Waals surface area (Å²) in [7, 11) is 4.60. The number of anilines is 2. The van der Waals surface area contributed by atoms with Gasteiger partial charge in [0.25, 0.3) is 0 Å². The van der Waals surface area contributed by atoms with Gasteiger partial charge in [0.15, 0.2) is 0 Å². The van der Waals surface area contributed by atoms with Crippen LogP contribution in [0.4, 0.5) is 16.2 Å². The number of hydrogen-bond acceptors (Lipinski definition) is 4. The maximum absolute atomic E-state index is 12.1. The quantitative estimate of drug-likeness (QED) is 0.865. The van der Waals surface area contributed by atoms with Crippen LogP contribution in [0.15, 0.2) is 36.4 Å². The van der Waals surface area contributed by atoms with Crippen LogP contribution in [0, 0.1) is 0 Å². The first-order valence-corrected chi connectivity index (χ1v) is 7.08. The predicted octanol–water partition coefficient (Wildman–Crippen LogP) is 4.01. The molecule has 7 heteroatoms. The van der Waals surface area contributed by atoms with Crippen molar-refractivity contribution in [1.82, 2.24) is 0 Å². The van der Waals surface area contributed by atoms with Crippen molar-refractivity contribution in [2.24, 2.45) is 0 Å². The van der Waals surface area contributed by atoms with E-state index in [4.69, 9.17) is 25.8 Å². The Morgan fingerprint density at radius 1 is 0.870 bits per heavy atom. The SMILES string of the molecule is COc1cc(NC(=O)Nc2ccc(OC)c(Cl)c2)cc(OC)c1. The molecule has 0 saturated carbocycles. The first-order chi connectivity index (χ1) is 11.0. The van der Waals surface area contributed by atoms with Gasteiger partial charge < -0.3 is 24.8 Å². The van der Waals surface area contributed by atoms with Gasteiger partial charge in [0.05, 0.1) is 26.4 Å². The minimum Gasteiger partial charge on any atom is -0.497 e. The maximum Gasteiger partial charge on any atom is 0.323 e. The van der Waals surface area contributed by atoms with Gasteiger partial charge in [-0.1, -0.05) is 11.6 Å². The molecule has 0 aliphatic heterocycles. The summed E-state index contributed by atoms with van der Waals surface area (Å²) in [6.07, 6.45) is 0. The number of carbonyl (C=O) groups excluding carboxylic acids is 1. The van der Waals surface area contributed by atoms with E-state index in [0.717, 1.165) is 0 Å². The van der Waals surface area contributed by atoms with Gasteiger partial charge in [0.1, 0.15) is 17.2 Å². The van der Waals surface area contributed by atoms with Crippen LogP contribution in [-0.4, -0.2) is 27.4 Å². The molecule has 122 valence electrons. The number of benzene rings is 2. The molecule has 6 nitrogen and oxygen atoms in total. The molecule has 2 N–H and O–H groups in total. The summed E-state index contributed by atoms with van der Waals surface area (Å²) < 4.78 is 15.4. The molecule has 0 aromatic heterocycles. The minimum absolute atomic E-state index is 0.411. The Morgan fingerprint density at radius 2 is 1.48 bits per heavy atom. The lowest BCUT2D eigenvalue weighted by Gasteiger charge is -2.11.